The van der Waals surface area contributed by atoms with E-state index < -0.39 is 0 Å². The lowest BCUT2D eigenvalue weighted by atomic mass is 10.0. The average Bonchev–Trinajstić information content (AvgIpc) is 3.69. The van der Waals surface area contributed by atoms with Gasteiger partial charge in [-0.1, -0.05) is 127 Å². The SMILES string of the molecule is c1ccc(-n2c3c(-c4ccc5ccccc5c4)nc(-n4c5ccccc5c5cc6ccccc6cc54)nc3c3ccc4ccccc4c32)cc1. The van der Waals surface area contributed by atoms with Crippen LogP contribution in [0.5, 0.6) is 0 Å². The number of hydrogen-bond donors (Lipinski definition) is 0. The van der Waals surface area contributed by atoms with E-state index in [1.54, 1.807) is 0 Å². The first-order valence-electron chi connectivity index (χ1n) is 17.0. The minimum Gasteiger partial charge on any atom is -0.305 e. The summed E-state index contributed by atoms with van der Waals surface area (Å²) >= 11 is 0. The summed E-state index contributed by atoms with van der Waals surface area (Å²) in [7, 11) is 0. The lowest BCUT2D eigenvalue weighted by molar-refractivity contribution is 1.01. The highest BCUT2D eigenvalue weighted by molar-refractivity contribution is 6.20. The van der Waals surface area contributed by atoms with Gasteiger partial charge in [-0.3, -0.25) is 4.57 Å². The summed E-state index contributed by atoms with van der Waals surface area (Å²) in [5.41, 5.74) is 8.24. The van der Waals surface area contributed by atoms with Crippen molar-refractivity contribution in [3.63, 3.8) is 0 Å². The Morgan fingerprint density at radius 1 is 0.360 bits per heavy atom. The molecule has 232 valence electrons. The molecule has 0 saturated heterocycles. The van der Waals surface area contributed by atoms with E-state index in [0.29, 0.717) is 5.95 Å². The van der Waals surface area contributed by atoms with Gasteiger partial charge in [-0.2, -0.15) is 0 Å². The Bertz CT molecular complexity index is 3150. The molecule has 4 heteroatoms. The van der Waals surface area contributed by atoms with E-state index in [9.17, 15) is 0 Å². The molecule has 8 aromatic carbocycles. The van der Waals surface area contributed by atoms with E-state index >= 15 is 0 Å². The van der Waals surface area contributed by atoms with Crippen LogP contribution in [-0.2, 0) is 0 Å². The van der Waals surface area contributed by atoms with E-state index in [1.165, 1.54) is 43.1 Å². The molecule has 0 aliphatic carbocycles. The first kappa shape index (κ1) is 27.2. The molecule has 3 aromatic heterocycles. The van der Waals surface area contributed by atoms with Crippen LogP contribution in [0.15, 0.2) is 170 Å². The molecule has 0 fully saturated rings. The molecule has 0 bridgehead atoms. The second-order valence-corrected chi connectivity index (χ2v) is 13.1. The average molecular weight is 637 g/mol. The van der Waals surface area contributed by atoms with Crippen LogP contribution in [0.4, 0.5) is 0 Å². The van der Waals surface area contributed by atoms with E-state index in [2.05, 4.69) is 179 Å². The van der Waals surface area contributed by atoms with Crippen LogP contribution in [0.2, 0.25) is 0 Å². The Hall–Kier alpha value is -6.78. The Kier molecular flexibility index (Phi) is 5.63. The van der Waals surface area contributed by atoms with Crippen LogP contribution < -0.4 is 0 Å². The van der Waals surface area contributed by atoms with E-state index in [0.717, 1.165) is 49.9 Å². The van der Waals surface area contributed by atoms with E-state index in [4.69, 9.17) is 9.97 Å². The molecule has 4 nitrogen and oxygen atoms in total. The summed E-state index contributed by atoms with van der Waals surface area (Å²) in [4.78, 5) is 11.2. The zero-order valence-electron chi connectivity index (χ0n) is 27.0. The van der Waals surface area contributed by atoms with Gasteiger partial charge in [-0.25, -0.2) is 9.97 Å². The van der Waals surface area contributed by atoms with Gasteiger partial charge in [0.05, 0.1) is 22.1 Å². The number of benzene rings is 8. The molecule has 11 rings (SSSR count). The Balaban J connectivity index is 1.35. The normalized spacial score (nSPS) is 12.0. The van der Waals surface area contributed by atoms with Crippen molar-refractivity contribution in [2.45, 2.75) is 0 Å². The summed E-state index contributed by atoms with van der Waals surface area (Å²) in [6.45, 7) is 0. The van der Waals surface area contributed by atoms with Gasteiger partial charge in [-0.15, -0.1) is 0 Å². The van der Waals surface area contributed by atoms with Gasteiger partial charge in [-0.05, 0) is 69.4 Å². The maximum Gasteiger partial charge on any atom is 0.235 e. The molecule has 0 spiro atoms. The Labute approximate surface area is 287 Å². The smallest absolute Gasteiger partial charge is 0.235 e. The monoisotopic (exact) mass is 636 g/mol. The van der Waals surface area contributed by atoms with Crippen LogP contribution >= 0.6 is 0 Å². The molecule has 50 heavy (non-hydrogen) atoms. The van der Waals surface area contributed by atoms with Crippen molar-refractivity contribution in [1.82, 2.24) is 19.1 Å². The second kappa shape index (κ2) is 10.4. The van der Waals surface area contributed by atoms with Gasteiger partial charge in [0.2, 0.25) is 5.95 Å². The highest BCUT2D eigenvalue weighted by Gasteiger charge is 2.24. The molecule has 11 aromatic rings. The van der Waals surface area contributed by atoms with E-state index in [-0.39, 0.29) is 0 Å². The lowest BCUT2D eigenvalue weighted by Crippen LogP contribution is -2.05. The molecule has 0 atom stereocenters. The molecular weight excluding hydrogens is 609 g/mol. The van der Waals surface area contributed by atoms with Gasteiger partial charge in [0, 0.05) is 32.8 Å². The van der Waals surface area contributed by atoms with Crippen LogP contribution in [0.25, 0.3) is 99.0 Å². The lowest BCUT2D eigenvalue weighted by Gasteiger charge is -2.14. The molecule has 0 amide bonds. The molecule has 3 heterocycles. The van der Waals surface area contributed by atoms with Crippen LogP contribution in [0.3, 0.4) is 0 Å². The zero-order chi connectivity index (χ0) is 32.8. The molecule has 0 saturated carbocycles. The first-order valence-corrected chi connectivity index (χ1v) is 17.0. The summed E-state index contributed by atoms with van der Waals surface area (Å²) in [6.07, 6.45) is 0. The third-order valence-corrected chi connectivity index (χ3v) is 10.3. The molecule has 0 aliphatic rings. The predicted octanol–water partition coefficient (Wildman–Crippen LogP) is 11.8. The highest BCUT2D eigenvalue weighted by atomic mass is 15.2. The maximum absolute atomic E-state index is 5.59. The quantitative estimate of drug-likeness (QED) is 0.193. The van der Waals surface area contributed by atoms with Crippen molar-refractivity contribution in [3.8, 4) is 22.9 Å². The summed E-state index contributed by atoms with van der Waals surface area (Å²) in [5, 5.41) is 10.6. The Morgan fingerprint density at radius 3 is 1.82 bits per heavy atom. The number of fused-ring (bicyclic) bond motifs is 10. The van der Waals surface area contributed by atoms with Crippen molar-refractivity contribution in [2.24, 2.45) is 0 Å². The van der Waals surface area contributed by atoms with Gasteiger partial charge >= 0.3 is 0 Å². The fraction of sp³-hybridized carbons (Fsp3) is 0. The van der Waals surface area contributed by atoms with Crippen molar-refractivity contribution >= 4 is 76.1 Å². The van der Waals surface area contributed by atoms with Crippen molar-refractivity contribution in [1.29, 1.82) is 0 Å². The molecule has 0 radical (unpaired) electrons. The van der Waals surface area contributed by atoms with Crippen molar-refractivity contribution in [3.05, 3.63) is 170 Å². The number of hydrogen-bond acceptors (Lipinski definition) is 2. The fourth-order valence-corrected chi connectivity index (χ4v) is 7.99. The van der Waals surface area contributed by atoms with Gasteiger partial charge in [0.1, 0.15) is 11.2 Å². The topological polar surface area (TPSA) is 35.6 Å². The number of nitrogens with zero attached hydrogens (tertiary/aromatic N) is 4. The highest BCUT2D eigenvalue weighted by Crippen LogP contribution is 2.42. The third-order valence-electron chi connectivity index (χ3n) is 10.3. The van der Waals surface area contributed by atoms with Crippen LogP contribution in [0.1, 0.15) is 0 Å². The number of para-hydroxylation sites is 2. The summed E-state index contributed by atoms with van der Waals surface area (Å²) in [5.74, 6) is 0.655. The Morgan fingerprint density at radius 2 is 1.00 bits per heavy atom. The van der Waals surface area contributed by atoms with E-state index in [1.807, 2.05) is 0 Å². The first-order chi connectivity index (χ1) is 24.8. The van der Waals surface area contributed by atoms with Gasteiger partial charge in [0.25, 0.3) is 0 Å². The van der Waals surface area contributed by atoms with Gasteiger partial charge in [0.15, 0.2) is 0 Å². The minimum absolute atomic E-state index is 0.655. The number of rotatable bonds is 3. The molecular formula is C46H28N4. The maximum atomic E-state index is 5.59. The number of aromatic nitrogens is 4. The van der Waals surface area contributed by atoms with Crippen molar-refractivity contribution in [2.75, 3.05) is 0 Å². The molecule has 0 unspecified atom stereocenters. The van der Waals surface area contributed by atoms with Crippen molar-refractivity contribution < 1.29 is 0 Å². The van der Waals surface area contributed by atoms with Crippen LogP contribution in [-0.4, -0.2) is 19.1 Å². The molecule has 0 aliphatic heterocycles. The van der Waals surface area contributed by atoms with Crippen LogP contribution in [0, 0.1) is 0 Å². The minimum atomic E-state index is 0.655. The second-order valence-electron chi connectivity index (χ2n) is 13.1. The summed E-state index contributed by atoms with van der Waals surface area (Å²) < 4.78 is 4.63. The predicted molar refractivity (Wildman–Crippen MR) is 209 cm³/mol. The standard InChI is InChI=1S/C46H28N4/c1-2-17-35(18-3-1)49-44-36-19-9-8-13-30(36)24-25-38(44)43-45(49)42(34-23-22-29-12-4-5-14-31(29)26-34)47-46(48-43)50-40-21-11-10-20-37(40)39-27-32-15-6-7-16-33(32)28-41(39)50/h1-28H. The van der Waals surface area contributed by atoms with Gasteiger partial charge < -0.3 is 4.57 Å². The molecule has 0 N–H and O–H groups in total. The largest absolute Gasteiger partial charge is 0.305 e. The third kappa shape index (κ3) is 3.87. The fourth-order valence-electron chi connectivity index (χ4n) is 7.99. The summed E-state index contributed by atoms with van der Waals surface area (Å²) in [6, 6.07) is 60.7. The zero-order valence-corrected chi connectivity index (χ0v) is 27.0.